The summed E-state index contributed by atoms with van der Waals surface area (Å²) in [5.41, 5.74) is 7.19. The number of benzene rings is 1. The van der Waals surface area contributed by atoms with E-state index in [0.717, 1.165) is 81.8 Å². The number of aliphatic hydroxyl groups is 5. The third kappa shape index (κ3) is 12.2. The Morgan fingerprint density at radius 3 is 2.49 bits per heavy atom. The number of aliphatic hydroxyl groups excluding tert-OH is 5. The standard InChI is InChI=1S/C42H67N5O9S/c1-3-4-5-6-12-46(25-34(49)38(52)39(53)35(50)26-48)14-11-29-9-10-36(55-15-16-56-40(44)54)33(18-29)28(2)57-42-21-30-17-31(22-42)20-41(19-30,27-42)45-24-37(51)47-13-7-8-32(47)23-43/h9-10,18,28,30-32,34-35,38-39,45,48-50,52-53H,3-8,11-17,19-22,24-27H2,1-2H3,(H2,44,54)/t28?,30?,31?,32-,34-,35+,38+,39+,41?,42?/m0/s1. The topological polar surface area (TPSA) is 222 Å². The highest BCUT2D eigenvalue weighted by Gasteiger charge is 2.58. The van der Waals surface area contributed by atoms with Gasteiger partial charge in [-0.05, 0) is 101 Å². The lowest BCUT2D eigenvalue weighted by atomic mass is 9.52. The maximum Gasteiger partial charge on any atom is 0.404 e. The monoisotopic (exact) mass is 817 g/mol. The molecule has 4 bridgehead atoms. The Hall–Kier alpha value is -2.68. The molecule has 0 radical (unpaired) electrons. The average molecular weight is 818 g/mol. The summed E-state index contributed by atoms with van der Waals surface area (Å²) in [5.74, 6) is 1.90. The summed E-state index contributed by atoms with van der Waals surface area (Å²) in [4.78, 5) is 28.3. The minimum Gasteiger partial charge on any atom is -0.490 e. The van der Waals surface area contributed by atoms with E-state index in [2.05, 4.69) is 36.2 Å². The molecule has 1 heterocycles. The molecule has 0 aromatic heterocycles. The zero-order chi connectivity index (χ0) is 41.2. The van der Waals surface area contributed by atoms with Crippen molar-refractivity contribution in [1.29, 1.82) is 5.26 Å². The van der Waals surface area contributed by atoms with Crippen LogP contribution in [0.25, 0.3) is 0 Å². The number of carbonyl (C=O) groups is 2. The highest BCUT2D eigenvalue weighted by molar-refractivity contribution is 8.00. The van der Waals surface area contributed by atoms with E-state index in [1.165, 1.54) is 6.42 Å². The van der Waals surface area contributed by atoms with Crippen molar-refractivity contribution < 1.29 is 44.6 Å². The summed E-state index contributed by atoms with van der Waals surface area (Å²) in [6.45, 7) is 6.07. The molecule has 320 valence electrons. The number of carbonyl (C=O) groups excluding carboxylic acids is 2. The number of hydrogen-bond acceptors (Lipinski definition) is 13. The number of hydrogen-bond donors (Lipinski definition) is 7. The first-order valence-corrected chi connectivity index (χ1v) is 22.0. The molecule has 4 saturated carbocycles. The lowest BCUT2D eigenvalue weighted by molar-refractivity contribution is -0.131. The summed E-state index contributed by atoms with van der Waals surface area (Å²) in [6, 6.07) is 8.13. The Kier molecular flexibility index (Phi) is 16.7. The van der Waals surface area contributed by atoms with E-state index < -0.39 is 37.1 Å². The summed E-state index contributed by atoms with van der Waals surface area (Å²) >= 11 is 2.00. The molecule has 15 heteroatoms. The molecule has 8 N–H and O–H groups in total. The Bertz CT molecular complexity index is 1500. The first kappa shape index (κ1) is 45.4. The van der Waals surface area contributed by atoms with Crippen LogP contribution >= 0.6 is 11.8 Å². The Morgan fingerprint density at radius 1 is 1.07 bits per heavy atom. The minimum absolute atomic E-state index is 0.0205. The predicted octanol–water partition coefficient (Wildman–Crippen LogP) is 3.01. The molecule has 5 aliphatic rings. The maximum absolute atomic E-state index is 13.3. The van der Waals surface area contributed by atoms with Crippen LogP contribution in [0, 0.1) is 23.2 Å². The molecule has 0 spiro atoms. The van der Waals surface area contributed by atoms with Crippen LogP contribution in [0.2, 0.25) is 0 Å². The molecule has 6 rings (SSSR count). The van der Waals surface area contributed by atoms with Gasteiger partial charge in [0.1, 0.15) is 43.3 Å². The number of likely N-dealkylation sites (tertiary alicyclic amines) is 1. The van der Waals surface area contributed by atoms with E-state index >= 15 is 0 Å². The van der Waals surface area contributed by atoms with Gasteiger partial charge in [0, 0.05) is 40.7 Å². The number of thioether (sulfide) groups is 1. The van der Waals surface area contributed by atoms with Crippen molar-refractivity contribution in [2.45, 2.75) is 143 Å². The zero-order valence-corrected chi connectivity index (χ0v) is 34.7. The fraction of sp³-hybridized carbons (Fsp3) is 0.786. The first-order valence-electron chi connectivity index (χ1n) is 21.1. The van der Waals surface area contributed by atoms with Gasteiger partial charge in [-0.3, -0.25) is 4.79 Å². The van der Waals surface area contributed by atoms with Crippen LogP contribution in [0.5, 0.6) is 5.75 Å². The van der Waals surface area contributed by atoms with Crippen molar-refractivity contribution in [2.75, 3.05) is 52.5 Å². The van der Waals surface area contributed by atoms with Crippen LogP contribution in [0.15, 0.2) is 18.2 Å². The van der Waals surface area contributed by atoms with Crippen LogP contribution in [-0.4, -0.2) is 141 Å². The predicted molar refractivity (Wildman–Crippen MR) is 217 cm³/mol. The molecule has 1 saturated heterocycles. The van der Waals surface area contributed by atoms with Crippen molar-refractivity contribution in [3.05, 3.63) is 29.3 Å². The van der Waals surface area contributed by atoms with Gasteiger partial charge < -0.3 is 55.9 Å². The summed E-state index contributed by atoms with van der Waals surface area (Å²) < 4.78 is 11.2. The van der Waals surface area contributed by atoms with Crippen LogP contribution in [0.4, 0.5) is 4.79 Å². The zero-order valence-electron chi connectivity index (χ0n) is 33.9. The normalized spacial score (nSPS) is 27.8. The minimum atomic E-state index is -1.68. The average Bonchev–Trinajstić information content (AvgIpc) is 3.67. The quantitative estimate of drug-likeness (QED) is 0.0747. The van der Waals surface area contributed by atoms with Gasteiger partial charge in [0.15, 0.2) is 0 Å². The molecule has 8 atom stereocenters. The fourth-order valence-electron chi connectivity index (χ4n) is 10.3. The van der Waals surface area contributed by atoms with Crippen molar-refractivity contribution in [2.24, 2.45) is 17.6 Å². The van der Waals surface area contributed by atoms with Gasteiger partial charge in [-0.25, -0.2) is 4.79 Å². The number of nitrogens with zero attached hydrogens (tertiary/aromatic N) is 3. The van der Waals surface area contributed by atoms with Crippen LogP contribution < -0.4 is 15.8 Å². The van der Waals surface area contributed by atoms with E-state index in [0.29, 0.717) is 43.6 Å². The first-order chi connectivity index (χ1) is 27.3. The van der Waals surface area contributed by atoms with Gasteiger partial charge >= 0.3 is 6.09 Å². The molecule has 14 nitrogen and oxygen atoms in total. The van der Waals surface area contributed by atoms with Crippen LogP contribution in [-0.2, 0) is 16.0 Å². The van der Waals surface area contributed by atoms with Gasteiger partial charge in [0.25, 0.3) is 0 Å². The summed E-state index contributed by atoms with van der Waals surface area (Å²) in [5, 5.41) is 64.1. The third-order valence-corrected chi connectivity index (χ3v) is 14.3. The van der Waals surface area contributed by atoms with Crippen LogP contribution in [0.1, 0.15) is 107 Å². The molecule has 5 fully saturated rings. The maximum atomic E-state index is 13.3. The van der Waals surface area contributed by atoms with Gasteiger partial charge in [0.2, 0.25) is 5.91 Å². The van der Waals surface area contributed by atoms with Gasteiger partial charge in [-0.2, -0.15) is 5.26 Å². The lowest BCUT2D eigenvalue weighted by Crippen LogP contribution is -2.64. The van der Waals surface area contributed by atoms with Gasteiger partial charge in [-0.1, -0.05) is 38.3 Å². The molecular formula is C42H67N5O9S. The van der Waals surface area contributed by atoms with Crippen molar-refractivity contribution in [3.63, 3.8) is 0 Å². The molecule has 3 unspecified atom stereocenters. The molecule has 1 aromatic carbocycles. The number of unbranched alkanes of at least 4 members (excludes halogenated alkanes) is 3. The van der Waals surface area contributed by atoms with E-state index in [1.807, 2.05) is 23.9 Å². The van der Waals surface area contributed by atoms with Crippen LogP contribution in [0.3, 0.4) is 0 Å². The van der Waals surface area contributed by atoms with Gasteiger partial charge in [0.05, 0.1) is 25.3 Å². The number of rotatable bonds is 24. The highest BCUT2D eigenvalue weighted by Crippen LogP contribution is 2.64. The lowest BCUT2D eigenvalue weighted by Gasteiger charge is -2.62. The second kappa shape index (κ2) is 21.0. The van der Waals surface area contributed by atoms with E-state index in [9.17, 15) is 40.4 Å². The van der Waals surface area contributed by atoms with E-state index in [1.54, 1.807) is 4.90 Å². The van der Waals surface area contributed by atoms with E-state index in [-0.39, 0.29) is 53.8 Å². The van der Waals surface area contributed by atoms with Crippen molar-refractivity contribution in [3.8, 4) is 11.8 Å². The van der Waals surface area contributed by atoms with Crippen molar-refractivity contribution >= 4 is 23.8 Å². The number of primary amides is 1. The third-order valence-electron chi connectivity index (χ3n) is 12.7. The van der Waals surface area contributed by atoms with Gasteiger partial charge in [-0.15, -0.1) is 11.8 Å². The molecule has 57 heavy (non-hydrogen) atoms. The summed E-state index contributed by atoms with van der Waals surface area (Å²) in [6.07, 6.45) is 5.92. The number of amides is 2. The SMILES string of the molecule is CCCCCCN(CCc1ccc(OCCOC(N)=O)c(C(C)SC23CC4CC(CC(NCC(=O)N5CCC[C@H]5C#N)(C4)C2)C3)c1)C[C@H](O)[C@@H](O)[C@H](O)[C@H](O)CO. The molecule has 1 aliphatic heterocycles. The van der Waals surface area contributed by atoms with E-state index in [4.69, 9.17) is 15.2 Å². The highest BCUT2D eigenvalue weighted by atomic mass is 32.2. The largest absolute Gasteiger partial charge is 0.490 e. The van der Waals surface area contributed by atoms with Crippen molar-refractivity contribution in [1.82, 2.24) is 15.1 Å². The Labute approximate surface area is 342 Å². The number of nitrogens with two attached hydrogens (primary N) is 1. The fourth-order valence-corrected chi connectivity index (χ4v) is 12.4. The molecular weight excluding hydrogens is 751 g/mol. The molecule has 2 amide bonds. The Balaban J connectivity index is 1.30. The Morgan fingerprint density at radius 2 is 1.81 bits per heavy atom. The molecule has 1 aromatic rings. The smallest absolute Gasteiger partial charge is 0.404 e. The second-order valence-electron chi connectivity index (χ2n) is 17.2. The number of ether oxygens (including phenoxy) is 2. The summed E-state index contributed by atoms with van der Waals surface area (Å²) in [7, 11) is 0. The number of nitrogens with one attached hydrogen (secondary N) is 1. The number of nitriles is 1. The second-order valence-corrected chi connectivity index (χ2v) is 19.0. The molecule has 4 aliphatic carbocycles.